The number of ether oxygens (including phenoxy) is 2. The number of rotatable bonds is 6. The third kappa shape index (κ3) is 5.20. The van der Waals surface area contributed by atoms with Crippen LogP contribution < -0.4 is 10.1 Å². The molecule has 0 saturated heterocycles. The highest BCUT2D eigenvalue weighted by Crippen LogP contribution is 2.22. The highest BCUT2D eigenvalue weighted by atomic mass is 16.5. The highest BCUT2D eigenvalue weighted by molar-refractivity contribution is 5.97. The summed E-state index contributed by atoms with van der Waals surface area (Å²) in [6, 6.07) is 23.3. The first-order valence-electron chi connectivity index (χ1n) is 8.93. The molecule has 0 heterocycles. The largest absolute Gasteiger partial charge is 0.457 e. The number of hydrogen-bond acceptors (Lipinski definition) is 4. The minimum Gasteiger partial charge on any atom is -0.457 e. The molecule has 142 valence electrons. The molecule has 0 aliphatic heterocycles. The Morgan fingerprint density at radius 3 is 2.32 bits per heavy atom. The van der Waals surface area contributed by atoms with E-state index in [1.54, 1.807) is 30.3 Å². The van der Waals surface area contributed by atoms with Gasteiger partial charge in [-0.15, -0.1) is 0 Å². The van der Waals surface area contributed by atoms with Gasteiger partial charge >= 0.3 is 5.97 Å². The molecule has 28 heavy (non-hydrogen) atoms. The molecule has 3 rings (SSSR count). The van der Waals surface area contributed by atoms with E-state index in [0.29, 0.717) is 22.7 Å². The Bertz CT molecular complexity index is 969. The first kappa shape index (κ1) is 19.2. The summed E-state index contributed by atoms with van der Waals surface area (Å²) in [5.74, 6) is 0.192. The predicted octanol–water partition coefficient (Wildman–Crippen LogP) is 4.97. The number of anilines is 1. The Labute approximate surface area is 163 Å². The summed E-state index contributed by atoms with van der Waals surface area (Å²) in [6.07, 6.45) is -0.938. The van der Waals surface area contributed by atoms with Gasteiger partial charge in [0.15, 0.2) is 6.10 Å². The second-order valence-corrected chi connectivity index (χ2v) is 6.35. The van der Waals surface area contributed by atoms with E-state index in [1.165, 1.54) is 6.92 Å². The average molecular weight is 375 g/mol. The van der Waals surface area contributed by atoms with Crippen LogP contribution in [0.2, 0.25) is 0 Å². The molecule has 0 aliphatic rings. The third-order valence-electron chi connectivity index (χ3n) is 3.99. The summed E-state index contributed by atoms with van der Waals surface area (Å²) in [5, 5.41) is 2.74. The predicted molar refractivity (Wildman–Crippen MR) is 108 cm³/mol. The third-order valence-corrected chi connectivity index (χ3v) is 3.99. The standard InChI is InChI=1S/C23H21NO4/c1-16-8-6-10-19(14-16)24-22(25)17(2)27-23(26)18-9-7-13-21(15-18)28-20-11-4-3-5-12-20/h3-15,17H,1-2H3,(H,24,25)/t17-/m1/s1. The van der Waals surface area contributed by atoms with Gasteiger partial charge in [0.25, 0.3) is 5.91 Å². The number of carbonyl (C=O) groups is 2. The number of carbonyl (C=O) groups excluding carboxylic acids is 2. The number of amides is 1. The molecule has 0 unspecified atom stereocenters. The van der Waals surface area contributed by atoms with Crippen LogP contribution in [0.1, 0.15) is 22.8 Å². The van der Waals surface area contributed by atoms with Crippen LogP contribution in [0.15, 0.2) is 78.9 Å². The molecule has 1 atom stereocenters. The summed E-state index contributed by atoms with van der Waals surface area (Å²) in [6.45, 7) is 3.47. The summed E-state index contributed by atoms with van der Waals surface area (Å²) in [7, 11) is 0. The Morgan fingerprint density at radius 2 is 1.57 bits per heavy atom. The van der Waals surface area contributed by atoms with Crippen LogP contribution in [-0.2, 0) is 9.53 Å². The van der Waals surface area contributed by atoms with E-state index in [9.17, 15) is 9.59 Å². The van der Waals surface area contributed by atoms with Gasteiger partial charge in [-0.2, -0.15) is 0 Å². The van der Waals surface area contributed by atoms with Crippen LogP contribution in [-0.4, -0.2) is 18.0 Å². The molecular formula is C23H21NO4. The number of aryl methyl sites for hydroxylation is 1. The van der Waals surface area contributed by atoms with Gasteiger partial charge in [0.05, 0.1) is 5.56 Å². The topological polar surface area (TPSA) is 64.6 Å². The van der Waals surface area contributed by atoms with Crippen molar-refractivity contribution >= 4 is 17.6 Å². The van der Waals surface area contributed by atoms with Crippen LogP contribution >= 0.6 is 0 Å². The van der Waals surface area contributed by atoms with Gasteiger partial charge < -0.3 is 14.8 Å². The molecule has 0 aromatic heterocycles. The normalized spacial score (nSPS) is 11.4. The lowest BCUT2D eigenvalue weighted by atomic mass is 10.2. The first-order chi connectivity index (χ1) is 13.5. The van der Waals surface area contributed by atoms with Gasteiger partial charge in [0.1, 0.15) is 11.5 Å². The maximum Gasteiger partial charge on any atom is 0.339 e. The minimum atomic E-state index is -0.938. The zero-order valence-corrected chi connectivity index (χ0v) is 15.7. The average Bonchev–Trinajstić information content (AvgIpc) is 2.69. The van der Waals surface area contributed by atoms with Gasteiger partial charge in [-0.05, 0) is 61.9 Å². The van der Waals surface area contributed by atoms with E-state index in [-0.39, 0.29) is 0 Å². The van der Waals surface area contributed by atoms with Crippen molar-refractivity contribution in [1.29, 1.82) is 0 Å². The quantitative estimate of drug-likeness (QED) is 0.618. The van der Waals surface area contributed by atoms with Gasteiger partial charge in [-0.3, -0.25) is 4.79 Å². The molecule has 0 bridgehead atoms. The van der Waals surface area contributed by atoms with Crippen molar-refractivity contribution in [3.05, 3.63) is 90.0 Å². The molecule has 0 radical (unpaired) electrons. The fourth-order valence-corrected chi connectivity index (χ4v) is 2.56. The Balaban J connectivity index is 1.62. The van der Waals surface area contributed by atoms with Crippen molar-refractivity contribution in [2.75, 3.05) is 5.32 Å². The lowest BCUT2D eigenvalue weighted by Gasteiger charge is -2.14. The SMILES string of the molecule is Cc1cccc(NC(=O)[C@@H](C)OC(=O)c2cccc(Oc3ccccc3)c2)c1. The zero-order chi connectivity index (χ0) is 19.9. The molecule has 0 fully saturated rings. The molecule has 5 nitrogen and oxygen atoms in total. The molecule has 5 heteroatoms. The smallest absolute Gasteiger partial charge is 0.339 e. The van der Waals surface area contributed by atoms with Crippen molar-refractivity contribution in [3.63, 3.8) is 0 Å². The van der Waals surface area contributed by atoms with Gasteiger partial charge in [-0.25, -0.2) is 4.79 Å². The van der Waals surface area contributed by atoms with Crippen molar-refractivity contribution in [2.24, 2.45) is 0 Å². The Hall–Kier alpha value is -3.60. The van der Waals surface area contributed by atoms with E-state index in [1.807, 2.05) is 55.5 Å². The molecule has 3 aromatic carbocycles. The fourth-order valence-electron chi connectivity index (χ4n) is 2.56. The molecule has 0 saturated carbocycles. The molecule has 1 N–H and O–H groups in total. The summed E-state index contributed by atoms with van der Waals surface area (Å²) < 4.78 is 11.0. The monoisotopic (exact) mass is 375 g/mol. The number of para-hydroxylation sites is 1. The number of esters is 1. The number of hydrogen-bond donors (Lipinski definition) is 1. The summed E-state index contributed by atoms with van der Waals surface area (Å²) >= 11 is 0. The summed E-state index contributed by atoms with van der Waals surface area (Å²) in [5.41, 5.74) is 1.99. The van der Waals surface area contributed by atoms with Gasteiger partial charge in [0.2, 0.25) is 0 Å². The fraction of sp³-hybridized carbons (Fsp3) is 0.130. The van der Waals surface area contributed by atoms with Crippen molar-refractivity contribution in [3.8, 4) is 11.5 Å². The Kier molecular flexibility index (Phi) is 6.07. The number of benzene rings is 3. The van der Waals surface area contributed by atoms with Crippen LogP contribution in [0.4, 0.5) is 5.69 Å². The number of nitrogens with one attached hydrogen (secondary N) is 1. The van der Waals surface area contributed by atoms with Crippen LogP contribution in [0.3, 0.4) is 0 Å². The van der Waals surface area contributed by atoms with Crippen molar-refractivity contribution in [2.45, 2.75) is 20.0 Å². The maximum atomic E-state index is 12.4. The van der Waals surface area contributed by atoms with E-state index >= 15 is 0 Å². The molecule has 3 aromatic rings. The lowest BCUT2D eigenvalue weighted by molar-refractivity contribution is -0.123. The highest BCUT2D eigenvalue weighted by Gasteiger charge is 2.19. The second kappa shape index (κ2) is 8.86. The van der Waals surface area contributed by atoms with E-state index < -0.39 is 18.0 Å². The van der Waals surface area contributed by atoms with E-state index in [4.69, 9.17) is 9.47 Å². The minimum absolute atomic E-state index is 0.309. The molecular weight excluding hydrogens is 354 g/mol. The van der Waals surface area contributed by atoms with E-state index in [2.05, 4.69) is 5.32 Å². The van der Waals surface area contributed by atoms with Crippen molar-refractivity contribution < 1.29 is 19.1 Å². The van der Waals surface area contributed by atoms with Gasteiger partial charge in [-0.1, -0.05) is 36.4 Å². The van der Waals surface area contributed by atoms with Crippen molar-refractivity contribution in [1.82, 2.24) is 0 Å². The van der Waals surface area contributed by atoms with E-state index in [0.717, 1.165) is 5.56 Å². The van der Waals surface area contributed by atoms with Gasteiger partial charge in [0, 0.05) is 5.69 Å². The maximum absolute atomic E-state index is 12.4. The molecule has 1 amide bonds. The second-order valence-electron chi connectivity index (χ2n) is 6.35. The first-order valence-corrected chi connectivity index (χ1v) is 8.93. The molecule has 0 aliphatic carbocycles. The molecule has 0 spiro atoms. The lowest BCUT2D eigenvalue weighted by Crippen LogP contribution is -2.30. The Morgan fingerprint density at radius 1 is 0.857 bits per heavy atom. The summed E-state index contributed by atoms with van der Waals surface area (Å²) in [4.78, 5) is 24.7. The van der Waals surface area contributed by atoms with Crippen LogP contribution in [0.25, 0.3) is 0 Å². The van der Waals surface area contributed by atoms with Crippen LogP contribution in [0.5, 0.6) is 11.5 Å². The van der Waals surface area contributed by atoms with Crippen LogP contribution in [0, 0.1) is 6.92 Å². The zero-order valence-electron chi connectivity index (χ0n) is 15.7.